The summed E-state index contributed by atoms with van der Waals surface area (Å²) in [5.74, 6) is 1.66. The van der Waals surface area contributed by atoms with Crippen molar-refractivity contribution in [2.75, 3.05) is 13.1 Å². The summed E-state index contributed by atoms with van der Waals surface area (Å²) in [6, 6.07) is 12.5. The lowest BCUT2D eigenvalue weighted by atomic mass is 10.2. The molecule has 2 N–H and O–H groups in total. The molecule has 1 aromatic carbocycles. The lowest BCUT2D eigenvalue weighted by Crippen LogP contribution is -2.37. The first-order valence-electron chi connectivity index (χ1n) is 9.51. The number of hydrogen-bond acceptors (Lipinski definition) is 4. The van der Waals surface area contributed by atoms with E-state index in [1.54, 1.807) is 18.2 Å². The van der Waals surface area contributed by atoms with E-state index < -0.39 is 6.61 Å². The third-order valence-corrected chi connectivity index (χ3v) is 4.19. The Kier molecular flexibility index (Phi) is 9.71. The third-order valence-electron chi connectivity index (χ3n) is 4.19. The molecule has 7 nitrogen and oxygen atoms in total. The van der Waals surface area contributed by atoms with E-state index in [4.69, 9.17) is 0 Å². The Morgan fingerprint density at radius 2 is 1.93 bits per heavy atom. The number of ether oxygens (including phenoxy) is 1. The van der Waals surface area contributed by atoms with Crippen LogP contribution in [0.2, 0.25) is 0 Å². The molecule has 0 unspecified atom stereocenters. The summed E-state index contributed by atoms with van der Waals surface area (Å²) < 4.78 is 31.6. The lowest BCUT2D eigenvalue weighted by molar-refractivity contribution is -0.0504. The molecule has 0 aliphatic rings. The minimum absolute atomic E-state index is 0. The Labute approximate surface area is 191 Å². The van der Waals surface area contributed by atoms with Gasteiger partial charge in [-0.15, -0.1) is 34.2 Å². The summed E-state index contributed by atoms with van der Waals surface area (Å²) >= 11 is 0. The van der Waals surface area contributed by atoms with Gasteiger partial charge in [-0.25, -0.2) is 4.99 Å². The number of nitrogens with zero attached hydrogens (tertiary/aromatic N) is 4. The maximum atomic E-state index is 12.5. The van der Waals surface area contributed by atoms with Gasteiger partial charge in [-0.3, -0.25) is 4.40 Å². The smallest absolute Gasteiger partial charge is 0.387 e. The van der Waals surface area contributed by atoms with Crippen molar-refractivity contribution in [1.82, 2.24) is 25.2 Å². The Balaban J connectivity index is 0.00000320. The Bertz CT molecular complexity index is 950. The second-order valence-corrected chi connectivity index (χ2v) is 6.26. The maximum absolute atomic E-state index is 12.5. The van der Waals surface area contributed by atoms with E-state index in [1.807, 2.05) is 35.7 Å². The number of hydrogen-bond donors (Lipinski definition) is 2. The first-order valence-corrected chi connectivity index (χ1v) is 9.51. The zero-order valence-electron chi connectivity index (χ0n) is 16.6. The number of pyridine rings is 1. The van der Waals surface area contributed by atoms with Crippen molar-refractivity contribution in [1.29, 1.82) is 0 Å². The molecular formula is C20H25F2IN6O. The Morgan fingerprint density at radius 3 is 2.73 bits per heavy atom. The highest BCUT2D eigenvalue weighted by molar-refractivity contribution is 14.0. The van der Waals surface area contributed by atoms with Crippen LogP contribution in [0.3, 0.4) is 0 Å². The second kappa shape index (κ2) is 12.3. The summed E-state index contributed by atoms with van der Waals surface area (Å²) in [6.07, 6.45) is 3.55. The number of benzene rings is 1. The van der Waals surface area contributed by atoms with Crippen molar-refractivity contribution in [2.24, 2.45) is 4.99 Å². The lowest BCUT2D eigenvalue weighted by Gasteiger charge is -2.12. The monoisotopic (exact) mass is 530 g/mol. The van der Waals surface area contributed by atoms with Crippen molar-refractivity contribution >= 4 is 35.6 Å². The van der Waals surface area contributed by atoms with Crippen LogP contribution < -0.4 is 15.4 Å². The third kappa shape index (κ3) is 6.78. The molecule has 0 atom stereocenters. The average Bonchev–Trinajstić information content (AvgIpc) is 3.13. The molecule has 0 saturated carbocycles. The number of guanidine groups is 1. The molecule has 0 aliphatic carbocycles. The number of para-hydroxylation sites is 1. The number of alkyl halides is 2. The van der Waals surface area contributed by atoms with Crippen LogP contribution in [0.15, 0.2) is 53.7 Å². The molecular weight excluding hydrogens is 505 g/mol. The summed E-state index contributed by atoms with van der Waals surface area (Å²) in [5, 5.41) is 14.8. The van der Waals surface area contributed by atoms with Crippen LogP contribution in [-0.4, -0.2) is 40.3 Å². The summed E-state index contributed by atoms with van der Waals surface area (Å²) in [6.45, 7) is 0.707. The number of fused-ring (bicyclic) bond motifs is 1. The number of aryl methyl sites for hydroxylation is 1. The molecule has 3 aromatic rings. The molecule has 0 saturated heterocycles. The highest BCUT2D eigenvalue weighted by Crippen LogP contribution is 2.20. The number of aliphatic imine (C=N–C) groups is 1. The van der Waals surface area contributed by atoms with Crippen LogP contribution in [0.5, 0.6) is 5.75 Å². The van der Waals surface area contributed by atoms with Crippen LogP contribution in [0.1, 0.15) is 24.7 Å². The van der Waals surface area contributed by atoms with Crippen molar-refractivity contribution in [2.45, 2.75) is 32.9 Å². The Hall–Kier alpha value is -2.50. The zero-order chi connectivity index (χ0) is 20.5. The van der Waals surface area contributed by atoms with E-state index in [0.29, 0.717) is 24.6 Å². The van der Waals surface area contributed by atoms with E-state index in [9.17, 15) is 8.78 Å². The minimum Gasteiger partial charge on any atom is -0.434 e. The fourth-order valence-electron chi connectivity index (χ4n) is 2.87. The maximum Gasteiger partial charge on any atom is 0.387 e. The fraction of sp³-hybridized carbons (Fsp3) is 0.350. The molecule has 30 heavy (non-hydrogen) atoms. The van der Waals surface area contributed by atoms with Crippen LogP contribution in [0, 0.1) is 0 Å². The molecule has 0 aliphatic heterocycles. The highest BCUT2D eigenvalue weighted by Gasteiger charge is 2.09. The van der Waals surface area contributed by atoms with Gasteiger partial charge < -0.3 is 15.4 Å². The number of rotatable bonds is 9. The fourth-order valence-corrected chi connectivity index (χ4v) is 2.87. The van der Waals surface area contributed by atoms with E-state index in [-0.39, 0.29) is 36.3 Å². The van der Waals surface area contributed by atoms with Crippen molar-refractivity contribution in [3.8, 4) is 5.75 Å². The molecule has 3 rings (SSSR count). The number of nitrogens with one attached hydrogen (secondary N) is 2. The minimum atomic E-state index is -2.86. The Morgan fingerprint density at radius 1 is 1.13 bits per heavy atom. The quantitative estimate of drug-likeness (QED) is 0.191. The van der Waals surface area contributed by atoms with Crippen molar-refractivity contribution < 1.29 is 13.5 Å². The first kappa shape index (κ1) is 23.8. The van der Waals surface area contributed by atoms with Gasteiger partial charge in [-0.05, 0) is 31.5 Å². The largest absolute Gasteiger partial charge is 0.434 e. The van der Waals surface area contributed by atoms with Crippen LogP contribution in [0.25, 0.3) is 5.65 Å². The van der Waals surface area contributed by atoms with Gasteiger partial charge in [0, 0.05) is 31.3 Å². The summed E-state index contributed by atoms with van der Waals surface area (Å²) in [7, 11) is 0. The van der Waals surface area contributed by atoms with Crippen LogP contribution >= 0.6 is 24.0 Å². The van der Waals surface area contributed by atoms with E-state index in [2.05, 4.69) is 30.6 Å². The molecule has 2 aromatic heterocycles. The van der Waals surface area contributed by atoms with Crippen LogP contribution in [0.4, 0.5) is 8.78 Å². The molecule has 10 heteroatoms. The van der Waals surface area contributed by atoms with Gasteiger partial charge in [-0.2, -0.15) is 8.78 Å². The number of halogens is 3. The van der Waals surface area contributed by atoms with Gasteiger partial charge in [0.25, 0.3) is 0 Å². The molecule has 162 valence electrons. The predicted molar refractivity (Wildman–Crippen MR) is 123 cm³/mol. The molecule has 0 spiro atoms. The first-order chi connectivity index (χ1) is 14.2. The standard InChI is InChI=1S/C20H24F2N6O.HI/c1-2-23-20(25-14-15-8-3-4-9-16(15)29-19(21)22)24-12-7-11-18-27-26-17-10-5-6-13-28(17)18;/h3-6,8-10,13,19H,2,7,11-12,14H2,1H3,(H2,23,24,25);1H. The average molecular weight is 530 g/mol. The van der Waals surface area contributed by atoms with Gasteiger partial charge in [0.1, 0.15) is 11.6 Å². The summed E-state index contributed by atoms with van der Waals surface area (Å²) in [5.41, 5.74) is 1.43. The second-order valence-electron chi connectivity index (χ2n) is 6.26. The van der Waals surface area contributed by atoms with E-state index >= 15 is 0 Å². The molecule has 2 heterocycles. The van der Waals surface area contributed by atoms with E-state index in [0.717, 1.165) is 24.3 Å². The highest BCUT2D eigenvalue weighted by atomic mass is 127. The topological polar surface area (TPSA) is 75.8 Å². The van der Waals surface area contributed by atoms with Crippen LogP contribution in [-0.2, 0) is 13.0 Å². The SMILES string of the molecule is CCNC(=NCc1ccccc1OC(F)F)NCCCc1nnc2ccccn12.I. The van der Waals surface area contributed by atoms with Crippen molar-refractivity contribution in [3.05, 3.63) is 60.0 Å². The predicted octanol–water partition coefficient (Wildman–Crippen LogP) is 3.64. The van der Waals surface area contributed by atoms with Gasteiger partial charge in [-0.1, -0.05) is 24.3 Å². The zero-order valence-corrected chi connectivity index (χ0v) is 18.9. The molecule has 0 fully saturated rings. The van der Waals surface area contributed by atoms with Crippen molar-refractivity contribution in [3.63, 3.8) is 0 Å². The molecule has 0 bridgehead atoms. The summed E-state index contributed by atoms with van der Waals surface area (Å²) in [4.78, 5) is 4.47. The molecule has 0 radical (unpaired) electrons. The van der Waals surface area contributed by atoms with Gasteiger partial charge in [0.05, 0.1) is 6.54 Å². The molecule has 0 amide bonds. The van der Waals surface area contributed by atoms with Gasteiger partial charge in [0.2, 0.25) is 0 Å². The van der Waals surface area contributed by atoms with E-state index in [1.165, 1.54) is 6.07 Å². The number of aromatic nitrogens is 3. The van der Waals surface area contributed by atoms with Gasteiger partial charge in [0.15, 0.2) is 11.6 Å². The normalized spacial score (nSPS) is 11.4. The van der Waals surface area contributed by atoms with Gasteiger partial charge >= 0.3 is 6.61 Å².